The average Bonchev–Trinajstić information content (AvgIpc) is 2.19. The van der Waals surface area contributed by atoms with Gasteiger partial charge in [0.2, 0.25) is 0 Å². The van der Waals surface area contributed by atoms with Crippen molar-refractivity contribution in [1.82, 2.24) is 0 Å². The molecule has 88 valence electrons. The van der Waals surface area contributed by atoms with Crippen molar-refractivity contribution in [3.8, 4) is 0 Å². The summed E-state index contributed by atoms with van der Waals surface area (Å²) in [7, 11) is 1.75. The van der Waals surface area contributed by atoms with E-state index in [1.807, 2.05) is 0 Å². The van der Waals surface area contributed by atoms with Gasteiger partial charge >= 0.3 is 11.9 Å². The van der Waals surface area contributed by atoms with Gasteiger partial charge in [0.15, 0.2) is 0 Å². The van der Waals surface area contributed by atoms with Crippen molar-refractivity contribution in [2.75, 3.05) is 7.11 Å². The van der Waals surface area contributed by atoms with E-state index in [2.05, 4.69) is 0 Å². The van der Waals surface area contributed by atoms with Gasteiger partial charge < -0.3 is 20.7 Å². The van der Waals surface area contributed by atoms with Gasteiger partial charge in [-0.2, -0.15) is 0 Å². The van der Waals surface area contributed by atoms with E-state index in [1.165, 1.54) is 12.8 Å². The Balaban J connectivity index is 0.000000288. The van der Waals surface area contributed by atoms with E-state index in [9.17, 15) is 0 Å². The SMILES string of the molecule is COC1CCCCC1N.O=C(O)C(=O)O. The van der Waals surface area contributed by atoms with Crippen molar-refractivity contribution in [2.45, 2.75) is 37.8 Å². The summed E-state index contributed by atoms with van der Waals surface area (Å²) in [5.74, 6) is -3.65. The topological polar surface area (TPSA) is 110 Å². The lowest BCUT2D eigenvalue weighted by molar-refractivity contribution is -0.159. The molecule has 1 fully saturated rings. The number of hydrogen-bond acceptors (Lipinski definition) is 4. The number of hydrogen-bond donors (Lipinski definition) is 3. The fraction of sp³-hybridized carbons (Fsp3) is 0.778. The number of methoxy groups -OCH3 is 1. The van der Waals surface area contributed by atoms with Crippen LogP contribution in [0.1, 0.15) is 25.7 Å². The molecule has 4 N–H and O–H groups in total. The van der Waals surface area contributed by atoms with Crippen LogP contribution in [-0.4, -0.2) is 41.4 Å². The molecule has 6 heteroatoms. The van der Waals surface area contributed by atoms with Crippen molar-refractivity contribution in [3.05, 3.63) is 0 Å². The maximum atomic E-state index is 9.10. The number of nitrogens with two attached hydrogens (primary N) is 1. The van der Waals surface area contributed by atoms with E-state index >= 15 is 0 Å². The highest BCUT2D eigenvalue weighted by Gasteiger charge is 2.20. The van der Waals surface area contributed by atoms with Crippen LogP contribution in [0.25, 0.3) is 0 Å². The predicted octanol–water partition coefficient (Wildman–Crippen LogP) is 0.0583. The van der Waals surface area contributed by atoms with Crippen LogP contribution in [0.5, 0.6) is 0 Å². The molecule has 1 aliphatic rings. The summed E-state index contributed by atoms with van der Waals surface area (Å²) < 4.78 is 5.18. The van der Waals surface area contributed by atoms with Crippen LogP contribution in [0, 0.1) is 0 Å². The van der Waals surface area contributed by atoms with Gasteiger partial charge in [-0.25, -0.2) is 9.59 Å². The number of carboxylic acid groups (broad SMARTS) is 2. The van der Waals surface area contributed by atoms with Crippen LogP contribution in [0.4, 0.5) is 0 Å². The largest absolute Gasteiger partial charge is 0.473 e. The van der Waals surface area contributed by atoms with Crippen LogP contribution >= 0.6 is 0 Å². The molecule has 0 spiro atoms. The molecule has 0 heterocycles. The third-order valence-corrected chi connectivity index (χ3v) is 2.24. The Morgan fingerprint density at radius 2 is 1.67 bits per heavy atom. The van der Waals surface area contributed by atoms with Crippen LogP contribution < -0.4 is 5.73 Å². The van der Waals surface area contributed by atoms with Gasteiger partial charge in [-0.1, -0.05) is 12.8 Å². The number of carbonyl (C=O) groups is 2. The van der Waals surface area contributed by atoms with Gasteiger partial charge in [-0.15, -0.1) is 0 Å². The van der Waals surface area contributed by atoms with E-state index in [0.29, 0.717) is 12.1 Å². The molecule has 0 radical (unpaired) electrons. The smallest absolute Gasteiger partial charge is 0.414 e. The Morgan fingerprint density at radius 1 is 1.20 bits per heavy atom. The lowest BCUT2D eigenvalue weighted by Gasteiger charge is -2.26. The third-order valence-electron chi connectivity index (χ3n) is 2.24. The molecular weight excluding hydrogens is 202 g/mol. The van der Waals surface area contributed by atoms with Crippen LogP contribution in [-0.2, 0) is 14.3 Å². The zero-order valence-electron chi connectivity index (χ0n) is 8.68. The first-order valence-electron chi connectivity index (χ1n) is 4.73. The van der Waals surface area contributed by atoms with Crippen molar-refractivity contribution in [2.24, 2.45) is 5.73 Å². The third kappa shape index (κ3) is 6.03. The molecule has 1 saturated carbocycles. The maximum Gasteiger partial charge on any atom is 0.414 e. The summed E-state index contributed by atoms with van der Waals surface area (Å²) >= 11 is 0. The highest BCUT2D eigenvalue weighted by molar-refractivity contribution is 6.27. The molecule has 0 aliphatic heterocycles. The van der Waals surface area contributed by atoms with Gasteiger partial charge in [-0.3, -0.25) is 0 Å². The number of rotatable bonds is 1. The molecule has 0 aromatic rings. The molecular formula is C9H17NO5. The second kappa shape index (κ2) is 7.19. The standard InChI is InChI=1S/C7H15NO.C2H2O4/c1-9-7-5-3-2-4-6(7)8;3-1(4)2(5)6/h6-7H,2-5,8H2,1H3;(H,3,4)(H,5,6). The van der Waals surface area contributed by atoms with E-state index in [0.717, 1.165) is 12.8 Å². The molecule has 0 amide bonds. The Kier molecular flexibility index (Phi) is 6.64. The summed E-state index contributed by atoms with van der Waals surface area (Å²) in [5.41, 5.74) is 5.76. The van der Waals surface area contributed by atoms with E-state index in [1.54, 1.807) is 7.11 Å². The molecule has 1 rings (SSSR count). The summed E-state index contributed by atoms with van der Waals surface area (Å²) in [6.45, 7) is 0. The first-order chi connectivity index (χ1) is 6.99. The summed E-state index contributed by atoms with van der Waals surface area (Å²) in [6.07, 6.45) is 5.18. The number of aliphatic carboxylic acids is 2. The summed E-state index contributed by atoms with van der Waals surface area (Å²) in [4.78, 5) is 18.2. The summed E-state index contributed by atoms with van der Waals surface area (Å²) in [6, 6.07) is 0.295. The summed E-state index contributed by atoms with van der Waals surface area (Å²) in [5, 5.41) is 14.8. The lowest BCUT2D eigenvalue weighted by atomic mass is 9.93. The Bertz CT molecular complexity index is 207. The molecule has 6 nitrogen and oxygen atoms in total. The molecule has 2 atom stereocenters. The van der Waals surface area contributed by atoms with Crippen molar-refractivity contribution in [1.29, 1.82) is 0 Å². The molecule has 2 unspecified atom stereocenters. The minimum Gasteiger partial charge on any atom is -0.473 e. The molecule has 0 bridgehead atoms. The fourth-order valence-electron chi connectivity index (χ4n) is 1.42. The monoisotopic (exact) mass is 219 g/mol. The van der Waals surface area contributed by atoms with E-state index in [-0.39, 0.29) is 0 Å². The minimum absolute atomic E-state index is 0.295. The van der Waals surface area contributed by atoms with Gasteiger partial charge in [0.25, 0.3) is 0 Å². The van der Waals surface area contributed by atoms with Crippen molar-refractivity contribution >= 4 is 11.9 Å². The van der Waals surface area contributed by atoms with Crippen molar-refractivity contribution in [3.63, 3.8) is 0 Å². The lowest BCUT2D eigenvalue weighted by Crippen LogP contribution is -2.38. The highest BCUT2D eigenvalue weighted by atomic mass is 16.5. The zero-order chi connectivity index (χ0) is 11.8. The van der Waals surface area contributed by atoms with E-state index < -0.39 is 11.9 Å². The van der Waals surface area contributed by atoms with Crippen molar-refractivity contribution < 1.29 is 24.5 Å². The molecule has 0 saturated heterocycles. The van der Waals surface area contributed by atoms with Crippen LogP contribution in [0.3, 0.4) is 0 Å². The van der Waals surface area contributed by atoms with Gasteiger partial charge in [0, 0.05) is 13.2 Å². The Morgan fingerprint density at radius 3 is 1.93 bits per heavy atom. The Hall–Kier alpha value is -1.14. The quantitative estimate of drug-likeness (QED) is 0.538. The maximum absolute atomic E-state index is 9.10. The molecule has 0 aromatic heterocycles. The second-order valence-corrected chi connectivity index (χ2v) is 3.33. The first kappa shape index (κ1) is 13.9. The average molecular weight is 219 g/mol. The normalized spacial score (nSPS) is 24.9. The molecule has 15 heavy (non-hydrogen) atoms. The molecule has 0 aromatic carbocycles. The fourth-order valence-corrected chi connectivity index (χ4v) is 1.42. The van der Waals surface area contributed by atoms with E-state index in [4.69, 9.17) is 30.3 Å². The van der Waals surface area contributed by atoms with Crippen LogP contribution in [0.15, 0.2) is 0 Å². The highest BCUT2D eigenvalue weighted by Crippen LogP contribution is 2.18. The number of ether oxygens (including phenoxy) is 1. The number of carboxylic acids is 2. The minimum atomic E-state index is -1.82. The predicted molar refractivity (Wildman–Crippen MR) is 52.5 cm³/mol. The van der Waals surface area contributed by atoms with Gasteiger partial charge in [0.05, 0.1) is 6.10 Å². The zero-order valence-corrected chi connectivity index (χ0v) is 8.68. The molecule has 1 aliphatic carbocycles. The second-order valence-electron chi connectivity index (χ2n) is 3.33. The van der Waals surface area contributed by atoms with Gasteiger partial charge in [-0.05, 0) is 12.8 Å². The Labute approximate surface area is 88.0 Å². The van der Waals surface area contributed by atoms with Gasteiger partial charge in [0.1, 0.15) is 0 Å². The van der Waals surface area contributed by atoms with Crippen LogP contribution in [0.2, 0.25) is 0 Å². The first-order valence-corrected chi connectivity index (χ1v) is 4.73.